The van der Waals surface area contributed by atoms with Crippen molar-refractivity contribution in [3.05, 3.63) is 0 Å². The van der Waals surface area contributed by atoms with Crippen LogP contribution in [0.3, 0.4) is 0 Å². The van der Waals surface area contributed by atoms with Crippen molar-refractivity contribution in [1.82, 2.24) is 0 Å². The summed E-state index contributed by atoms with van der Waals surface area (Å²) in [5.41, 5.74) is 0. The summed E-state index contributed by atoms with van der Waals surface area (Å²) in [6.07, 6.45) is 0.500. The van der Waals surface area contributed by atoms with Crippen molar-refractivity contribution in [2.75, 3.05) is 26.4 Å². The molecule has 0 aromatic rings. The third-order valence-corrected chi connectivity index (χ3v) is 1.22. The van der Waals surface area contributed by atoms with E-state index >= 15 is 0 Å². The van der Waals surface area contributed by atoms with Gasteiger partial charge in [-0.05, 0) is 18.3 Å². The van der Waals surface area contributed by atoms with Gasteiger partial charge in [0.25, 0.3) is 0 Å². The third kappa shape index (κ3) is 22.6. The molecular weight excluding hydrogens is 180 g/mol. The number of hydrogen-bond donors (Lipinski definition) is 2. The molecule has 0 aromatic heterocycles. The van der Waals surface area contributed by atoms with Gasteiger partial charge in [-0.2, -0.15) is 0 Å². The largest absolute Gasteiger partial charge is 0.396 e. The molecule has 0 unspecified atom stereocenters. The summed E-state index contributed by atoms with van der Waals surface area (Å²) in [7, 11) is 0. The number of aliphatic hydroxyl groups is 2. The van der Waals surface area contributed by atoms with Crippen LogP contribution in [0, 0.1) is 11.8 Å². The number of rotatable bonds is 6. The molecule has 0 spiro atoms. The minimum Gasteiger partial charge on any atom is -0.396 e. The molecule has 14 heavy (non-hydrogen) atoms. The summed E-state index contributed by atoms with van der Waals surface area (Å²) < 4.78 is 5.36. The van der Waals surface area contributed by atoms with E-state index in [1.807, 2.05) is 0 Å². The highest BCUT2D eigenvalue weighted by atomic mass is 16.5. The molecule has 0 saturated heterocycles. The molecule has 0 amide bonds. The maximum atomic E-state index is 7.91. The van der Waals surface area contributed by atoms with Crippen LogP contribution >= 0.6 is 0 Å². The summed E-state index contributed by atoms with van der Waals surface area (Å²) in [5, 5.41) is 15.8. The molecule has 0 aromatic carbocycles. The summed E-state index contributed by atoms with van der Waals surface area (Å²) in [4.78, 5) is 0. The average Bonchev–Trinajstić information content (AvgIpc) is 2.05. The van der Waals surface area contributed by atoms with E-state index < -0.39 is 0 Å². The molecule has 0 fully saturated rings. The lowest BCUT2D eigenvalue weighted by Gasteiger charge is -2.07. The van der Waals surface area contributed by atoms with Crippen molar-refractivity contribution in [3.63, 3.8) is 0 Å². The smallest absolute Gasteiger partial charge is 0.0489 e. The number of ether oxygens (including phenoxy) is 1. The molecule has 0 rings (SSSR count). The number of aliphatic hydroxyl groups excluding tert-OH is 2. The summed E-state index contributed by atoms with van der Waals surface area (Å²) in [6.45, 7) is 10.7. The first-order valence-corrected chi connectivity index (χ1v) is 5.34. The van der Waals surface area contributed by atoms with Crippen molar-refractivity contribution >= 4 is 0 Å². The minimum absolute atomic E-state index is 0.0938. The van der Waals surface area contributed by atoms with Crippen LogP contribution in [0.5, 0.6) is 0 Å². The Hall–Kier alpha value is -0.120. The Morgan fingerprint density at radius 1 is 0.857 bits per heavy atom. The Morgan fingerprint density at radius 3 is 1.36 bits per heavy atom. The lowest BCUT2D eigenvalue weighted by Crippen LogP contribution is -2.06. The first kappa shape index (κ1) is 16.3. The van der Waals surface area contributed by atoms with E-state index in [2.05, 4.69) is 27.7 Å². The van der Waals surface area contributed by atoms with Gasteiger partial charge >= 0.3 is 0 Å². The van der Waals surface area contributed by atoms with Crippen molar-refractivity contribution in [2.24, 2.45) is 11.8 Å². The second-order valence-corrected chi connectivity index (χ2v) is 4.13. The molecule has 0 heterocycles. The zero-order chi connectivity index (χ0) is 11.4. The van der Waals surface area contributed by atoms with Crippen molar-refractivity contribution in [1.29, 1.82) is 0 Å². The fourth-order valence-electron chi connectivity index (χ4n) is 0.610. The summed E-state index contributed by atoms with van der Waals surface area (Å²) in [5.74, 6) is 1.34. The molecule has 0 bridgehead atoms. The molecule has 0 aliphatic rings. The Morgan fingerprint density at radius 2 is 1.21 bits per heavy atom. The van der Waals surface area contributed by atoms with E-state index in [9.17, 15) is 0 Å². The fourth-order valence-corrected chi connectivity index (χ4v) is 0.610. The highest BCUT2D eigenvalue weighted by Crippen LogP contribution is 1.96. The van der Waals surface area contributed by atoms with Gasteiger partial charge in [0.05, 0.1) is 0 Å². The topological polar surface area (TPSA) is 49.7 Å². The Bertz CT molecular complexity index is 82.5. The quantitative estimate of drug-likeness (QED) is 0.695. The van der Waals surface area contributed by atoms with Gasteiger partial charge in [0, 0.05) is 26.4 Å². The van der Waals surface area contributed by atoms with Gasteiger partial charge in [-0.25, -0.2) is 0 Å². The molecule has 2 N–H and O–H groups in total. The fraction of sp³-hybridized carbons (Fsp3) is 1.00. The lowest BCUT2D eigenvalue weighted by molar-refractivity contribution is 0.0886. The normalized spacial score (nSPS) is 10.3. The van der Waals surface area contributed by atoms with Gasteiger partial charge in [-0.1, -0.05) is 27.7 Å². The van der Waals surface area contributed by atoms with Crippen molar-refractivity contribution < 1.29 is 14.9 Å². The van der Waals surface area contributed by atoms with E-state index in [-0.39, 0.29) is 13.2 Å². The first-order valence-electron chi connectivity index (χ1n) is 5.34. The van der Waals surface area contributed by atoms with Gasteiger partial charge in [-0.3, -0.25) is 0 Å². The molecule has 0 atom stereocenters. The molecule has 0 aliphatic carbocycles. The zero-order valence-electron chi connectivity index (χ0n) is 9.99. The van der Waals surface area contributed by atoms with Gasteiger partial charge in [-0.15, -0.1) is 0 Å². The Kier molecular flexibility index (Phi) is 15.0. The van der Waals surface area contributed by atoms with E-state index in [4.69, 9.17) is 14.9 Å². The summed E-state index contributed by atoms with van der Waals surface area (Å²) >= 11 is 0. The van der Waals surface area contributed by atoms with E-state index in [1.165, 1.54) is 0 Å². The molecule has 0 aliphatic heterocycles. The van der Waals surface area contributed by atoms with Gasteiger partial charge in [0.1, 0.15) is 0 Å². The lowest BCUT2D eigenvalue weighted by atomic mass is 10.2. The second kappa shape index (κ2) is 12.9. The maximum absolute atomic E-state index is 7.91. The van der Waals surface area contributed by atoms with E-state index in [0.717, 1.165) is 13.2 Å². The molecule has 0 saturated carbocycles. The summed E-state index contributed by atoms with van der Waals surface area (Å²) in [6, 6.07) is 0. The van der Waals surface area contributed by atoms with Crippen LogP contribution in [0.4, 0.5) is 0 Å². The molecule has 0 radical (unpaired) electrons. The standard InChI is InChI=1S/C8H18O.C3H8O2/c1-7(2)5-9-6-8(3)4;4-2-1-3-5/h7-8H,5-6H2,1-4H3;4-5H,1-3H2. The van der Waals surface area contributed by atoms with Crippen molar-refractivity contribution in [2.45, 2.75) is 34.1 Å². The molecular formula is C11H26O3. The van der Waals surface area contributed by atoms with Crippen LogP contribution in [0.2, 0.25) is 0 Å². The predicted molar refractivity (Wildman–Crippen MR) is 59.3 cm³/mol. The first-order chi connectivity index (χ1) is 6.54. The van der Waals surface area contributed by atoms with Crippen LogP contribution in [-0.2, 0) is 4.74 Å². The average molecular weight is 206 g/mol. The zero-order valence-corrected chi connectivity index (χ0v) is 9.99. The Labute approximate surface area is 88.1 Å². The Balaban J connectivity index is 0. The van der Waals surface area contributed by atoms with E-state index in [1.54, 1.807) is 0 Å². The maximum Gasteiger partial charge on any atom is 0.0489 e. The van der Waals surface area contributed by atoms with Crippen LogP contribution < -0.4 is 0 Å². The van der Waals surface area contributed by atoms with Crippen LogP contribution in [0.25, 0.3) is 0 Å². The van der Waals surface area contributed by atoms with Crippen LogP contribution in [0.15, 0.2) is 0 Å². The third-order valence-electron chi connectivity index (χ3n) is 1.22. The monoisotopic (exact) mass is 206 g/mol. The van der Waals surface area contributed by atoms with Crippen LogP contribution in [0.1, 0.15) is 34.1 Å². The van der Waals surface area contributed by atoms with Crippen LogP contribution in [-0.4, -0.2) is 36.6 Å². The predicted octanol–water partition coefficient (Wildman–Crippen LogP) is 1.68. The molecule has 3 nitrogen and oxygen atoms in total. The van der Waals surface area contributed by atoms with Gasteiger partial charge < -0.3 is 14.9 Å². The molecule has 88 valence electrons. The molecule has 3 heteroatoms. The SMILES string of the molecule is CC(C)COCC(C)C.OCCCO. The minimum atomic E-state index is 0.0938. The van der Waals surface area contributed by atoms with Gasteiger partial charge in [0.15, 0.2) is 0 Å². The highest BCUT2D eigenvalue weighted by Gasteiger charge is 1.95. The van der Waals surface area contributed by atoms with E-state index in [0.29, 0.717) is 18.3 Å². The van der Waals surface area contributed by atoms with Gasteiger partial charge in [0.2, 0.25) is 0 Å². The highest BCUT2D eigenvalue weighted by molar-refractivity contribution is 4.42. The second-order valence-electron chi connectivity index (χ2n) is 4.13. The number of hydrogen-bond acceptors (Lipinski definition) is 3. The van der Waals surface area contributed by atoms with Crippen molar-refractivity contribution in [3.8, 4) is 0 Å².